The van der Waals surface area contributed by atoms with Gasteiger partial charge in [-0.25, -0.2) is 8.42 Å². The highest BCUT2D eigenvalue weighted by Gasteiger charge is 2.33. The molecule has 2 rings (SSSR count). The van der Waals surface area contributed by atoms with Crippen LogP contribution in [0.15, 0.2) is 0 Å². The Kier molecular flexibility index (Phi) is 3.84. The van der Waals surface area contributed by atoms with Gasteiger partial charge in [-0.3, -0.25) is 0 Å². The fourth-order valence-corrected chi connectivity index (χ4v) is 4.23. The molecule has 0 aliphatic carbocycles. The Morgan fingerprint density at radius 1 is 1.25 bits per heavy atom. The van der Waals surface area contributed by atoms with Crippen LogP contribution in [0, 0.1) is 0 Å². The average molecular weight is 248 g/mol. The maximum atomic E-state index is 12.1. The first-order chi connectivity index (χ1) is 7.59. The second-order valence-corrected chi connectivity index (χ2v) is 6.55. The van der Waals surface area contributed by atoms with Crippen molar-refractivity contribution >= 4 is 10.0 Å². The Bertz CT molecular complexity index is 325. The normalized spacial score (nSPS) is 33.1. The Balaban J connectivity index is 1.99. The molecule has 2 aliphatic rings. The molecule has 2 N–H and O–H groups in total. The van der Waals surface area contributed by atoms with Crippen molar-refractivity contribution < 1.29 is 13.2 Å². The number of nitrogens with zero attached hydrogens (tertiary/aromatic N) is 1. The topological polar surface area (TPSA) is 72.6 Å². The summed E-state index contributed by atoms with van der Waals surface area (Å²) in [6.45, 7) is 1.25. The SMILES string of the molecule is NC1CCCCN1S(=O)(=O)CC1CCCO1. The number of ether oxygens (including phenoxy) is 1. The van der Waals surface area contributed by atoms with Gasteiger partial charge in [-0.05, 0) is 32.1 Å². The van der Waals surface area contributed by atoms with E-state index in [1.807, 2.05) is 0 Å². The number of hydrogen-bond donors (Lipinski definition) is 1. The lowest BCUT2D eigenvalue weighted by Crippen LogP contribution is -2.50. The molecule has 5 nitrogen and oxygen atoms in total. The molecule has 0 radical (unpaired) electrons. The first kappa shape index (κ1) is 12.3. The second-order valence-electron chi connectivity index (χ2n) is 4.59. The molecule has 0 spiro atoms. The minimum atomic E-state index is -3.23. The summed E-state index contributed by atoms with van der Waals surface area (Å²) in [5.41, 5.74) is 5.85. The van der Waals surface area contributed by atoms with Gasteiger partial charge in [0.15, 0.2) is 0 Å². The molecular weight excluding hydrogens is 228 g/mol. The summed E-state index contributed by atoms with van der Waals surface area (Å²) in [7, 11) is -3.23. The van der Waals surface area contributed by atoms with Gasteiger partial charge in [0.25, 0.3) is 0 Å². The van der Waals surface area contributed by atoms with Crippen LogP contribution in [-0.4, -0.2) is 43.9 Å². The van der Waals surface area contributed by atoms with E-state index in [0.29, 0.717) is 13.2 Å². The zero-order chi connectivity index (χ0) is 11.6. The summed E-state index contributed by atoms with van der Waals surface area (Å²) in [6, 6.07) is 0. The van der Waals surface area contributed by atoms with Gasteiger partial charge >= 0.3 is 0 Å². The Labute approximate surface area is 97.0 Å². The maximum Gasteiger partial charge on any atom is 0.218 e. The van der Waals surface area contributed by atoms with Crippen LogP contribution in [0.3, 0.4) is 0 Å². The highest BCUT2D eigenvalue weighted by atomic mass is 32.2. The molecule has 2 aliphatic heterocycles. The smallest absolute Gasteiger partial charge is 0.218 e. The predicted molar refractivity (Wildman–Crippen MR) is 61.3 cm³/mol. The van der Waals surface area contributed by atoms with E-state index >= 15 is 0 Å². The summed E-state index contributed by atoms with van der Waals surface area (Å²) in [5, 5.41) is 0. The quantitative estimate of drug-likeness (QED) is 0.778. The molecule has 2 atom stereocenters. The van der Waals surface area contributed by atoms with Gasteiger partial charge < -0.3 is 10.5 Å². The number of sulfonamides is 1. The lowest BCUT2D eigenvalue weighted by atomic mass is 10.1. The summed E-state index contributed by atoms with van der Waals surface area (Å²) in [6.07, 6.45) is 4.06. The molecular formula is C10H20N2O3S. The Morgan fingerprint density at radius 2 is 2.06 bits per heavy atom. The second kappa shape index (κ2) is 5.00. The average Bonchev–Trinajstić information content (AvgIpc) is 2.70. The molecule has 0 bridgehead atoms. The molecule has 94 valence electrons. The molecule has 2 saturated heterocycles. The lowest BCUT2D eigenvalue weighted by Gasteiger charge is -2.32. The van der Waals surface area contributed by atoms with Gasteiger partial charge in [-0.1, -0.05) is 0 Å². The first-order valence-electron chi connectivity index (χ1n) is 5.96. The third-order valence-electron chi connectivity index (χ3n) is 3.28. The van der Waals surface area contributed by atoms with Crippen molar-refractivity contribution in [2.75, 3.05) is 18.9 Å². The summed E-state index contributed by atoms with van der Waals surface area (Å²) < 4.78 is 31.1. The minimum Gasteiger partial charge on any atom is -0.377 e. The predicted octanol–water partition coefficient (Wildman–Crippen LogP) is 0.266. The largest absolute Gasteiger partial charge is 0.377 e. The molecule has 0 aromatic heterocycles. The van der Waals surface area contributed by atoms with Crippen molar-refractivity contribution in [1.82, 2.24) is 4.31 Å². The van der Waals surface area contributed by atoms with Gasteiger partial charge in [0, 0.05) is 13.2 Å². The van der Waals surface area contributed by atoms with Crippen LogP contribution in [0.5, 0.6) is 0 Å². The fraction of sp³-hybridized carbons (Fsp3) is 1.00. The lowest BCUT2D eigenvalue weighted by molar-refractivity contribution is 0.125. The molecule has 2 unspecified atom stereocenters. The van der Waals surface area contributed by atoms with Gasteiger partial charge in [0.1, 0.15) is 0 Å². The van der Waals surface area contributed by atoms with E-state index in [1.165, 1.54) is 4.31 Å². The molecule has 6 heteroatoms. The molecule has 2 fully saturated rings. The van der Waals surface area contributed by atoms with Gasteiger partial charge in [0.05, 0.1) is 18.0 Å². The zero-order valence-corrected chi connectivity index (χ0v) is 10.3. The molecule has 0 amide bonds. The van der Waals surface area contributed by atoms with E-state index in [1.54, 1.807) is 0 Å². The van der Waals surface area contributed by atoms with Crippen LogP contribution < -0.4 is 5.73 Å². The number of hydrogen-bond acceptors (Lipinski definition) is 4. The molecule has 0 aromatic carbocycles. The van der Waals surface area contributed by atoms with Crippen LogP contribution in [0.2, 0.25) is 0 Å². The van der Waals surface area contributed by atoms with Gasteiger partial charge in [-0.2, -0.15) is 4.31 Å². The number of piperidine rings is 1. The van der Waals surface area contributed by atoms with Gasteiger partial charge in [0.2, 0.25) is 10.0 Å². The van der Waals surface area contributed by atoms with E-state index in [9.17, 15) is 8.42 Å². The van der Waals surface area contributed by atoms with E-state index in [-0.39, 0.29) is 18.0 Å². The minimum absolute atomic E-state index is 0.0979. The third kappa shape index (κ3) is 2.74. The number of nitrogens with two attached hydrogens (primary N) is 1. The summed E-state index contributed by atoms with van der Waals surface area (Å²) >= 11 is 0. The van der Waals surface area contributed by atoms with Crippen LogP contribution in [0.1, 0.15) is 32.1 Å². The van der Waals surface area contributed by atoms with Crippen molar-refractivity contribution in [2.45, 2.75) is 44.4 Å². The fourth-order valence-electron chi connectivity index (χ4n) is 2.38. The molecule has 2 heterocycles. The van der Waals surface area contributed by atoms with E-state index in [4.69, 9.17) is 10.5 Å². The first-order valence-corrected chi connectivity index (χ1v) is 7.57. The van der Waals surface area contributed by atoms with Crippen molar-refractivity contribution in [3.05, 3.63) is 0 Å². The zero-order valence-electron chi connectivity index (χ0n) is 9.47. The summed E-state index contributed by atoms with van der Waals surface area (Å²) in [5.74, 6) is 0.0979. The van der Waals surface area contributed by atoms with Crippen molar-refractivity contribution in [1.29, 1.82) is 0 Å². The monoisotopic (exact) mass is 248 g/mol. The molecule has 0 aromatic rings. The van der Waals surface area contributed by atoms with Crippen LogP contribution in [0.25, 0.3) is 0 Å². The van der Waals surface area contributed by atoms with E-state index in [0.717, 1.165) is 32.1 Å². The van der Waals surface area contributed by atoms with E-state index < -0.39 is 10.0 Å². The van der Waals surface area contributed by atoms with Crippen molar-refractivity contribution in [3.63, 3.8) is 0 Å². The highest BCUT2D eigenvalue weighted by molar-refractivity contribution is 7.89. The van der Waals surface area contributed by atoms with Crippen LogP contribution in [0.4, 0.5) is 0 Å². The van der Waals surface area contributed by atoms with Crippen LogP contribution in [-0.2, 0) is 14.8 Å². The standard InChI is InChI=1S/C10H20N2O3S/c11-10-5-1-2-6-12(10)16(13,14)8-9-4-3-7-15-9/h9-10H,1-8,11H2. The van der Waals surface area contributed by atoms with Gasteiger partial charge in [-0.15, -0.1) is 0 Å². The Morgan fingerprint density at radius 3 is 2.69 bits per heavy atom. The third-order valence-corrected chi connectivity index (χ3v) is 5.24. The number of rotatable bonds is 3. The highest BCUT2D eigenvalue weighted by Crippen LogP contribution is 2.21. The Hall–Kier alpha value is -0.170. The van der Waals surface area contributed by atoms with Crippen LogP contribution >= 0.6 is 0 Å². The maximum absolute atomic E-state index is 12.1. The molecule has 0 saturated carbocycles. The van der Waals surface area contributed by atoms with Crippen molar-refractivity contribution in [2.24, 2.45) is 5.73 Å². The van der Waals surface area contributed by atoms with E-state index in [2.05, 4.69) is 0 Å². The summed E-state index contributed by atoms with van der Waals surface area (Å²) in [4.78, 5) is 0. The van der Waals surface area contributed by atoms with Crippen molar-refractivity contribution in [3.8, 4) is 0 Å². The molecule has 16 heavy (non-hydrogen) atoms.